The number of anilines is 1. The van der Waals surface area contributed by atoms with E-state index in [9.17, 15) is 14.4 Å². The number of carbonyl (C=O) groups is 3. The SMILES string of the molecule is COC(=O)CCC(=O)COc1ccc(C(=O)Nc2nc(-c3ccc(OC)cc3)cs2)cc1OC. The van der Waals surface area contributed by atoms with E-state index in [4.69, 9.17) is 14.2 Å². The lowest BCUT2D eigenvalue weighted by atomic mass is 10.2. The van der Waals surface area contributed by atoms with Gasteiger partial charge in [0.05, 0.1) is 33.4 Å². The molecule has 0 saturated heterocycles. The zero-order chi connectivity index (χ0) is 24.5. The molecular weight excluding hydrogens is 460 g/mol. The summed E-state index contributed by atoms with van der Waals surface area (Å²) in [6.07, 6.45) is 0.00762. The van der Waals surface area contributed by atoms with Gasteiger partial charge in [-0.15, -0.1) is 11.3 Å². The van der Waals surface area contributed by atoms with E-state index in [1.54, 1.807) is 19.2 Å². The summed E-state index contributed by atoms with van der Waals surface area (Å²) in [5.74, 6) is 0.269. The van der Waals surface area contributed by atoms with Crippen molar-refractivity contribution in [2.75, 3.05) is 33.3 Å². The quantitative estimate of drug-likeness (QED) is 0.407. The number of hydrogen-bond acceptors (Lipinski definition) is 9. The van der Waals surface area contributed by atoms with Gasteiger partial charge in [0.15, 0.2) is 22.4 Å². The Bertz CT molecular complexity index is 1160. The number of ether oxygens (including phenoxy) is 4. The maximum absolute atomic E-state index is 12.7. The number of rotatable bonds is 11. The summed E-state index contributed by atoms with van der Waals surface area (Å²) >= 11 is 1.31. The van der Waals surface area contributed by atoms with Crippen molar-refractivity contribution in [3.05, 3.63) is 53.4 Å². The lowest BCUT2D eigenvalue weighted by molar-refractivity contribution is -0.142. The minimum absolute atomic E-state index is 0.00806. The number of carbonyl (C=O) groups excluding carboxylic acids is 3. The van der Waals surface area contributed by atoms with E-state index < -0.39 is 5.97 Å². The third-order valence-corrected chi connectivity index (χ3v) is 5.52. The second kappa shape index (κ2) is 11.8. The van der Waals surface area contributed by atoms with Gasteiger partial charge in [0.2, 0.25) is 0 Å². The van der Waals surface area contributed by atoms with Gasteiger partial charge in [-0.25, -0.2) is 4.98 Å². The van der Waals surface area contributed by atoms with Crippen LogP contribution in [0.4, 0.5) is 5.13 Å². The summed E-state index contributed by atoms with van der Waals surface area (Å²) in [6, 6.07) is 12.1. The molecule has 10 heteroatoms. The Labute approximate surface area is 200 Å². The average Bonchev–Trinajstić information content (AvgIpc) is 3.34. The van der Waals surface area contributed by atoms with Gasteiger partial charge >= 0.3 is 5.97 Å². The molecule has 0 fully saturated rings. The maximum Gasteiger partial charge on any atom is 0.305 e. The summed E-state index contributed by atoms with van der Waals surface area (Å²) in [7, 11) is 4.30. The monoisotopic (exact) mass is 484 g/mol. The molecule has 3 rings (SSSR count). The van der Waals surface area contributed by atoms with Crippen LogP contribution in [0.5, 0.6) is 17.2 Å². The molecule has 1 heterocycles. The van der Waals surface area contributed by atoms with Gasteiger partial charge in [-0.2, -0.15) is 0 Å². The molecule has 0 aliphatic heterocycles. The molecule has 0 atom stereocenters. The van der Waals surface area contributed by atoms with Crippen molar-refractivity contribution in [1.82, 2.24) is 4.98 Å². The zero-order valence-electron chi connectivity index (χ0n) is 19.0. The van der Waals surface area contributed by atoms with Gasteiger partial charge < -0.3 is 18.9 Å². The van der Waals surface area contributed by atoms with Crippen molar-refractivity contribution >= 4 is 34.1 Å². The normalized spacial score (nSPS) is 10.3. The molecule has 0 aliphatic rings. The molecule has 0 spiro atoms. The molecule has 9 nitrogen and oxygen atoms in total. The lowest BCUT2D eigenvalue weighted by Gasteiger charge is -2.11. The number of thiazole rings is 1. The number of nitrogens with one attached hydrogen (secondary N) is 1. The summed E-state index contributed by atoms with van der Waals surface area (Å²) in [5.41, 5.74) is 1.98. The van der Waals surface area contributed by atoms with Crippen molar-refractivity contribution in [2.45, 2.75) is 12.8 Å². The number of benzene rings is 2. The van der Waals surface area contributed by atoms with Crippen LogP contribution in [0.1, 0.15) is 23.2 Å². The van der Waals surface area contributed by atoms with E-state index in [0.717, 1.165) is 17.0 Å². The van der Waals surface area contributed by atoms with Crippen molar-refractivity contribution in [3.8, 4) is 28.5 Å². The predicted octanol–water partition coefficient (Wildman–Crippen LogP) is 3.98. The first-order valence-electron chi connectivity index (χ1n) is 10.2. The highest BCUT2D eigenvalue weighted by Gasteiger charge is 2.15. The number of amides is 1. The second-order valence-electron chi connectivity index (χ2n) is 6.99. The Morgan fingerprint density at radius 3 is 2.38 bits per heavy atom. The summed E-state index contributed by atoms with van der Waals surface area (Å²) < 4.78 is 20.5. The average molecular weight is 485 g/mol. The molecule has 0 saturated carbocycles. The molecule has 0 bridgehead atoms. The highest BCUT2D eigenvalue weighted by molar-refractivity contribution is 7.14. The molecule has 1 N–H and O–H groups in total. The van der Waals surface area contributed by atoms with Crippen molar-refractivity contribution < 1.29 is 33.3 Å². The van der Waals surface area contributed by atoms with Crippen LogP contribution in [0, 0.1) is 0 Å². The van der Waals surface area contributed by atoms with Gasteiger partial charge in [0.25, 0.3) is 5.91 Å². The fraction of sp³-hybridized carbons (Fsp3) is 0.250. The highest BCUT2D eigenvalue weighted by Crippen LogP contribution is 2.30. The topological polar surface area (TPSA) is 113 Å². The van der Waals surface area contributed by atoms with Crippen LogP contribution in [-0.4, -0.2) is 50.6 Å². The number of ketones is 1. The van der Waals surface area contributed by atoms with Crippen LogP contribution < -0.4 is 19.5 Å². The first-order chi connectivity index (χ1) is 16.4. The van der Waals surface area contributed by atoms with Gasteiger partial charge in [-0.1, -0.05) is 0 Å². The molecule has 2 aromatic carbocycles. The lowest BCUT2D eigenvalue weighted by Crippen LogP contribution is -2.14. The summed E-state index contributed by atoms with van der Waals surface area (Å²) in [5, 5.41) is 5.08. The van der Waals surface area contributed by atoms with Crippen molar-refractivity contribution in [2.24, 2.45) is 0 Å². The van der Waals surface area contributed by atoms with E-state index in [2.05, 4.69) is 15.0 Å². The number of aromatic nitrogens is 1. The maximum atomic E-state index is 12.7. The van der Waals surface area contributed by atoms with Crippen molar-refractivity contribution in [1.29, 1.82) is 0 Å². The van der Waals surface area contributed by atoms with E-state index in [-0.39, 0.29) is 31.1 Å². The van der Waals surface area contributed by atoms with E-state index >= 15 is 0 Å². The molecule has 0 unspecified atom stereocenters. The van der Waals surface area contributed by atoms with Gasteiger partial charge in [-0.3, -0.25) is 19.7 Å². The minimum atomic E-state index is -0.461. The first kappa shape index (κ1) is 24.7. The Balaban J connectivity index is 1.61. The molecule has 1 aromatic heterocycles. The standard InChI is InChI=1S/C24H24N2O7S/c1-30-18-8-4-15(5-9-18)19-14-34-24(25-19)26-23(29)16-6-10-20(21(12-16)31-2)33-13-17(27)7-11-22(28)32-3/h4-6,8-10,12,14H,7,11,13H2,1-3H3,(H,25,26,29). The number of Topliss-reactive ketones (excluding diaryl/α,β-unsaturated/α-hetero) is 1. The number of esters is 1. The summed E-state index contributed by atoms with van der Waals surface area (Å²) in [4.78, 5) is 40.2. The molecule has 178 valence electrons. The molecule has 1 amide bonds. The fourth-order valence-electron chi connectivity index (χ4n) is 2.90. The first-order valence-corrected chi connectivity index (χ1v) is 11.1. The molecular formula is C24H24N2O7S. The highest BCUT2D eigenvalue weighted by atomic mass is 32.1. The zero-order valence-corrected chi connectivity index (χ0v) is 19.8. The van der Waals surface area contributed by atoms with Gasteiger partial charge in [0.1, 0.15) is 12.4 Å². The van der Waals surface area contributed by atoms with Crippen molar-refractivity contribution in [3.63, 3.8) is 0 Å². The van der Waals surface area contributed by atoms with Crippen LogP contribution in [-0.2, 0) is 14.3 Å². The van der Waals surface area contributed by atoms with E-state index in [0.29, 0.717) is 22.2 Å². The van der Waals surface area contributed by atoms with Crippen LogP contribution in [0.15, 0.2) is 47.8 Å². The number of nitrogens with zero attached hydrogens (tertiary/aromatic N) is 1. The van der Waals surface area contributed by atoms with Crippen LogP contribution in [0.2, 0.25) is 0 Å². The fourth-order valence-corrected chi connectivity index (χ4v) is 3.61. The number of hydrogen-bond donors (Lipinski definition) is 1. The third-order valence-electron chi connectivity index (χ3n) is 4.76. The smallest absolute Gasteiger partial charge is 0.305 e. The Morgan fingerprint density at radius 2 is 1.71 bits per heavy atom. The van der Waals surface area contributed by atoms with Gasteiger partial charge in [-0.05, 0) is 42.5 Å². The van der Waals surface area contributed by atoms with E-state index in [1.165, 1.54) is 31.6 Å². The predicted molar refractivity (Wildman–Crippen MR) is 127 cm³/mol. The molecule has 3 aromatic rings. The molecule has 0 aliphatic carbocycles. The van der Waals surface area contributed by atoms with Gasteiger partial charge in [0, 0.05) is 22.9 Å². The Morgan fingerprint density at radius 1 is 0.941 bits per heavy atom. The largest absolute Gasteiger partial charge is 0.497 e. The van der Waals surface area contributed by atoms with Crippen LogP contribution in [0.3, 0.4) is 0 Å². The minimum Gasteiger partial charge on any atom is -0.497 e. The summed E-state index contributed by atoms with van der Waals surface area (Å²) in [6.45, 7) is -0.230. The number of methoxy groups -OCH3 is 3. The van der Waals surface area contributed by atoms with Crippen LogP contribution in [0.25, 0.3) is 11.3 Å². The van der Waals surface area contributed by atoms with Crippen LogP contribution >= 0.6 is 11.3 Å². The Kier molecular flexibility index (Phi) is 8.58. The molecule has 34 heavy (non-hydrogen) atoms. The molecule has 0 radical (unpaired) electrons. The second-order valence-corrected chi connectivity index (χ2v) is 7.85. The third kappa shape index (κ3) is 6.55. The Hall–Kier alpha value is -3.92. The van der Waals surface area contributed by atoms with E-state index in [1.807, 2.05) is 29.6 Å².